The van der Waals surface area contributed by atoms with Crippen LogP contribution in [0.15, 0.2) is 18.2 Å². The summed E-state index contributed by atoms with van der Waals surface area (Å²) in [5.74, 6) is -0.318. The van der Waals surface area contributed by atoms with Gasteiger partial charge in [-0.05, 0) is 37.6 Å². The van der Waals surface area contributed by atoms with E-state index in [4.69, 9.17) is 5.73 Å². The van der Waals surface area contributed by atoms with Gasteiger partial charge in [0.05, 0.1) is 12.7 Å². The van der Waals surface area contributed by atoms with Gasteiger partial charge in [0.25, 0.3) is 0 Å². The predicted octanol–water partition coefficient (Wildman–Crippen LogP) is 1.54. The fraction of sp³-hybridized carbons (Fsp3) is 0.417. The molecule has 4 nitrogen and oxygen atoms in total. The molecule has 1 aromatic rings. The fourth-order valence-corrected chi connectivity index (χ4v) is 1.39. The minimum atomic E-state index is -0.318. The minimum Gasteiger partial charge on any atom is -0.465 e. The monoisotopic (exact) mass is 222 g/mol. The van der Waals surface area contributed by atoms with Crippen molar-refractivity contribution in [1.29, 1.82) is 0 Å². The van der Waals surface area contributed by atoms with Crippen LogP contribution in [0.3, 0.4) is 0 Å². The number of nitrogens with two attached hydrogens (primary N) is 1. The quantitative estimate of drug-likeness (QED) is 0.758. The Morgan fingerprint density at radius 3 is 2.75 bits per heavy atom. The van der Waals surface area contributed by atoms with Crippen LogP contribution in [0.25, 0.3) is 0 Å². The van der Waals surface area contributed by atoms with Gasteiger partial charge in [-0.1, -0.05) is 0 Å². The highest BCUT2D eigenvalue weighted by molar-refractivity contribution is 5.90. The standard InChI is InChI=1S/C12H18N2O2/c1-8-6-10(12(15)16-3)4-5-11(8)14-9(2)7-13/h4-6,9,14H,7,13H2,1-3H3. The fourth-order valence-electron chi connectivity index (χ4n) is 1.39. The molecule has 0 saturated heterocycles. The lowest BCUT2D eigenvalue weighted by Gasteiger charge is -2.15. The SMILES string of the molecule is COC(=O)c1ccc(NC(C)CN)c(C)c1. The Morgan fingerprint density at radius 2 is 2.25 bits per heavy atom. The summed E-state index contributed by atoms with van der Waals surface area (Å²) < 4.78 is 4.65. The van der Waals surface area contributed by atoms with Crippen molar-refractivity contribution in [2.45, 2.75) is 19.9 Å². The zero-order valence-electron chi connectivity index (χ0n) is 9.91. The second kappa shape index (κ2) is 5.51. The number of nitrogens with one attached hydrogen (secondary N) is 1. The van der Waals surface area contributed by atoms with Crippen LogP contribution in [-0.4, -0.2) is 25.7 Å². The molecule has 0 aromatic heterocycles. The maximum Gasteiger partial charge on any atom is 0.337 e. The second-order valence-corrected chi connectivity index (χ2v) is 3.80. The number of benzene rings is 1. The Bertz CT molecular complexity index is 377. The number of anilines is 1. The zero-order chi connectivity index (χ0) is 12.1. The van der Waals surface area contributed by atoms with Crippen LogP contribution in [0, 0.1) is 6.92 Å². The van der Waals surface area contributed by atoms with Crippen LogP contribution in [0.5, 0.6) is 0 Å². The van der Waals surface area contributed by atoms with Crippen molar-refractivity contribution in [3.05, 3.63) is 29.3 Å². The molecule has 16 heavy (non-hydrogen) atoms. The van der Waals surface area contributed by atoms with Crippen LogP contribution < -0.4 is 11.1 Å². The Hall–Kier alpha value is -1.55. The molecule has 1 rings (SSSR count). The van der Waals surface area contributed by atoms with Gasteiger partial charge in [-0.3, -0.25) is 0 Å². The number of methoxy groups -OCH3 is 1. The third-order valence-corrected chi connectivity index (χ3v) is 2.40. The summed E-state index contributed by atoms with van der Waals surface area (Å²) in [7, 11) is 1.38. The lowest BCUT2D eigenvalue weighted by atomic mass is 10.1. The van der Waals surface area contributed by atoms with E-state index in [1.807, 2.05) is 19.9 Å². The van der Waals surface area contributed by atoms with Gasteiger partial charge in [0.1, 0.15) is 0 Å². The van der Waals surface area contributed by atoms with E-state index in [0.717, 1.165) is 11.3 Å². The van der Waals surface area contributed by atoms with Crippen molar-refractivity contribution < 1.29 is 9.53 Å². The normalized spacial score (nSPS) is 12.0. The molecule has 1 aromatic carbocycles. The number of rotatable bonds is 4. The van der Waals surface area contributed by atoms with E-state index in [2.05, 4.69) is 10.1 Å². The molecule has 1 atom stereocenters. The van der Waals surface area contributed by atoms with Gasteiger partial charge in [0, 0.05) is 18.3 Å². The second-order valence-electron chi connectivity index (χ2n) is 3.80. The highest BCUT2D eigenvalue weighted by Crippen LogP contribution is 2.17. The number of carbonyl (C=O) groups excluding carboxylic acids is 1. The van der Waals surface area contributed by atoms with E-state index in [1.54, 1.807) is 12.1 Å². The molecule has 0 radical (unpaired) electrons. The van der Waals surface area contributed by atoms with Gasteiger partial charge in [0.2, 0.25) is 0 Å². The first-order valence-corrected chi connectivity index (χ1v) is 5.24. The first-order valence-electron chi connectivity index (χ1n) is 5.24. The highest BCUT2D eigenvalue weighted by atomic mass is 16.5. The number of ether oxygens (including phenoxy) is 1. The predicted molar refractivity (Wildman–Crippen MR) is 64.7 cm³/mol. The third-order valence-electron chi connectivity index (χ3n) is 2.40. The molecule has 0 aliphatic carbocycles. The van der Waals surface area contributed by atoms with Crippen molar-refractivity contribution in [2.24, 2.45) is 5.73 Å². The van der Waals surface area contributed by atoms with Crippen molar-refractivity contribution >= 4 is 11.7 Å². The molecule has 0 fully saturated rings. The van der Waals surface area contributed by atoms with Crippen LogP contribution in [0.4, 0.5) is 5.69 Å². The molecular weight excluding hydrogens is 204 g/mol. The first-order chi connectivity index (χ1) is 7.58. The smallest absolute Gasteiger partial charge is 0.337 e. The molecule has 0 spiro atoms. The molecular formula is C12H18N2O2. The Balaban J connectivity index is 2.87. The summed E-state index contributed by atoms with van der Waals surface area (Å²) in [6.45, 7) is 4.52. The van der Waals surface area contributed by atoms with Gasteiger partial charge in [-0.2, -0.15) is 0 Å². The van der Waals surface area contributed by atoms with Crippen molar-refractivity contribution in [3.8, 4) is 0 Å². The summed E-state index contributed by atoms with van der Waals surface area (Å²) in [4.78, 5) is 11.3. The van der Waals surface area contributed by atoms with Gasteiger partial charge < -0.3 is 15.8 Å². The zero-order valence-corrected chi connectivity index (χ0v) is 9.91. The molecule has 0 heterocycles. The topological polar surface area (TPSA) is 64.3 Å². The minimum absolute atomic E-state index is 0.211. The van der Waals surface area contributed by atoms with Gasteiger partial charge in [0.15, 0.2) is 0 Å². The largest absolute Gasteiger partial charge is 0.465 e. The molecule has 0 saturated carbocycles. The van der Waals surface area contributed by atoms with Crippen LogP contribution in [-0.2, 0) is 4.74 Å². The summed E-state index contributed by atoms with van der Waals surface area (Å²) in [5, 5.41) is 3.27. The lowest BCUT2D eigenvalue weighted by molar-refractivity contribution is 0.0600. The molecule has 0 aliphatic heterocycles. The van der Waals surface area contributed by atoms with E-state index in [1.165, 1.54) is 7.11 Å². The average Bonchev–Trinajstić information content (AvgIpc) is 2.30. The van der Waals surface area contributed by atoms with Crippen molar-refractivity contribution in [3.63, 3.8) is 0 Å². The van der Waals surface area contributed by atoms with Gasteiger partial charge in [-0.25, -0.2) is 4.79 Å². The third kappa shape index (κ3) is 2.97. The Kier molecular flexibility index (Phi) is 4.31. The molecule has 1 unspecified atom stereocenters. The van der Waals surface area contributed by atoms with Crippen LogP contribution in [0.1, 0.15) is 22.8 Å². The molecule has 4 heteroatoms. The van der Waals surface area contributed by atoms with Gasteiger partial charge >= 0.3 is 5.97 Å². The summed E-state index contributed by atoms with van der Waals surface area (Å²) in [6.07, 6.45) is 0. The number of hydrogen-bond acceptors (Lipinski definition) is 4. The average molecular weight is 222 g/mol. The number of aryl methyl sites for hydroxylation is 1. The number of hydrogen-bond donors (Lipinski definition) is 2. The molecule has 88 valence electrons. The van der Waals surface area contributed by atoms with E-state index in [-0.39, 0.29) is 12.0 Å². The molecule has 0 aliphatic rings. The summed E-state index contributed by atoms with van der Waals surface area (Å²) in [5.41, 5.74) is 8.09. The molecule has 0 bridgehead atoms. The number of carbonyl (C=O) groups is 1. The van der Waals surface area contributed by atoms with E-state index in [0.29, 0.717) is 12.1 Å². The van der Waals surface area contributed by atoms with E-state index in [9.17, 15) is 4.79 Å². The highest BCUT2D eigenvalue weighted by Gasteiger charge is 2.08. The van der Waals surface area contributed by atoms with E-state index < -0.39 is 0 Å². The Morgan fingerprint density at radius 1 is 1.56 bits per heavy atom. The van der Waals surface area contributed by atoms with Crippen molar-refractivity contribution in [1.82, 2.24) is 0 Å². The summed E-state index contributed by atoms with van der Waals surface area (Å²) >= 11 is 0. The summed E-state index contributed by atoms with van der Waals surface area (Å²) in [6, 6.07) is 5.62. The van der Waals surface area contributed by atoms with Crippen LogP contribution >= 0.6 is 0 Å². The van der Waals surface area contributed by atoms with Crippen molar-refractivity contribution in [2.75, 3.05) is 19.0 Å². The van der Waals surface area contributed by atoms with Gasteiger partial charge in [-0.15, -0.1) is 0 Å². The van der Waals surface area contributed by atoms with E-state index >= 15 is 0 Å². The van der Waals surface area contributed by atoms with Crippen LogP contribution in [0.2, 0.25) is 0 Å². The molecule has 3 N–H and O–H groups in total. The maximum atomic E-state index is 11.3. The first kappa shape index (κ1) is 12.5. The Labute approximate surface area is 95.8 Å². The lowest BCUT2D eigenvalue weighted by Crippen LogP contribution is -2.25. The number of esters is 1. The maximum absolute atomic E-state index is 11.3. The molecule has 0 amide bonds.